The number of halogens is 1. The van der Waals surface area contributed by atoms with Crippen molar-refractivity contribution in [3.63, 3.8) is 0 Å². The molecule has 4 nitrogen and oxygen atoms in total. The van der Waals surface area contributed by atoms with Crippen molar-refractivity contribution in [2.45, 2.75) is 19.8 Å². The fourth-order valence-electron chi connectivity index (χ4n) is 2.33. The van der Waals surface area contributed by atoms with E-state index in [0.29, 0.717) is 13.0 Å². The van der Waals surface area contributed by atoms with Gasteiger partial charge in [-0.15, -0.1) is 0 Å². The van der Waals surface area contributed by atoms with Crippen molar-refractivity contribution < 1.29 is 9.53 Å². The molecular weight excluding hydrogens is 288 g/mol. The largest absolute Gasteiger partial charge is 0.494 e. The highest BCUT2D eigenvalue weighted by molar-refractivity contribution is 6.31. The molecular formula is C16H23ClN2O2. The quantitative estimate of drug-likeness (QED) is 0.784. The Hall–Kier alpha value is -1.26. The molecule has 1 fully saturated rings. The van der Waals surface area contributed by atoms with Crippen molar-refractivity contribution >= 4 is 17.5 Å². The van der Waals surface area contributed by atoms with Crippen LogP contribution in [0.2, 0.25) is 5.02 Å². The van der Waals surface area contributed by atoms with Gasteiger partial charge in [0.1, 0.15) is 5.75 Å². The summed E-state index contributed by atoms with van der Waals surface area (Å²) in [4.78, 5) is 16.2. The van der Waals surface area contributed by atoms with Crippen molar-refractivity contribution in [3.05, 3.63) is 28.8 Å². The summed E-state index contributed by atoms with van der Waals surface area (Å²) in [7, 11) is 2.09. The molecule has 1 aromatic rings. The number of piperazine rings is 1. The van der Waals surface area contributed by atoms with E-state index in [1.165, 1.54) is 0 Å². The maximum Gasteiger partial charge on any atom is 0.222 e. The summed E-state index contributed by atoms with van der Waals surface area (Å²) >= 11 is 5.97. The number of likely N-dealkylation sites (N-methyl/N-ethyl adjacent to an activating group) is 1. The summed E-state index contributed by atoms with van der Waals surface area (Å²) in [6.07, 6.45) is 1.29. The van der Waals surface area contributed by atoms with Crippen LogP contribution in [0.3, 0.4) is 0 Å². The van der Waals surface area contributed by atoms with Crippen LogP contribution in [0.5, 0.6) is 5.75 Å². The van der Waals surface area contributed by atoms with Crippen molar-refractivity contribution in [1.29, 1.82) is 0 Å². The van der Waals surface area contributed by atoms with Gasteiger partial charge in [0, 0.05) is 37.6 Å². The SMILES string of the molecule is Cc1cc(OCCCC(=O)N2CCN(C)CC2)ccc1Cl. The second-order valence-corrected chi connectivity index (χ2v) is 5.95. The molecule has 2 rings (SSSR count). The normalized spacial score (nSPS) is 16.0. The lowest BCUT2D eigenvalue weighted by Gasteiger charge is -2.32. The van der Waals surface area contributed by atoms with Crippen LogP contribution in [0.15, 0.2) is 18.2 Å². The summed E-state index contributed by atoms with van der Waals surface area (Å²) < 4.78 is 5.66. The first-order valence-corrected chi connectivity index (χ1v) is 7.79. The maximum absolute atomic E-state index is 12.0. The van der Waals surface area contributed by atoms with Gasteiger partial charge < -0.3 is 14.5 Å². The van der Waals surface area contributed by atoms with E-state index >= 15 is 0 Å². The van der Waals surface area contributed by atoms with Crippen LogP contribution in [0.25, 0.3) is 0 Å². The Kier molecular flexibility index (Phi) is 5.88. The Morgan fingerprint density at radius 3 is 2.67 bits per heavy atom. The lowest BCUT2D eigenvalue weighted by molar-refractivity contribution is -0.133. The average molecular weight is 311 g/mol. The number of ether oxygens (including phenoxy) is 1. The molecule has 21 heavy (non-hydrogen) atoms. The fraction of sp³-hybridized carbons (Fsp3) is 0.562. The first kappa shape index (κ1) is 16.1. The van der Waals surface area contributed by atoms with Gasteiger partial charge in [-0.1, -0.05) is 11.6 Å². The minimum absolute atomic E-state index is 0.235. The van der Waals surface area contributed by atoms with E-state index in [1.807, 2.05) is 30.0 Å². The Morgan fingerprint density at radius 1 is 1.29 bits per heavy atom. The second-order valence-electron chi connectivity index (χ2n) is 5.55. The van der Waals surface area contributed by atoms with Gasteiger partial charge in [-0.25, -0.2) is 0 Å². The topological polar surface area (TPSA) is 32.8 Å². The molecule has 0 spiro atoms. The van der Waals surface area contributed by atoms with Gasteiger partial charge in [0.15, 0.2) is 0 Å². The molecule has 1 aliphatic rings. The zero-order valence-electron chi connectivity index (χ0n) is 12.8. The third-order valence-electron chi connectivity index (χ3n) is 3.79. The predicted molar refractivity (Wildman–Crippen MR) is 85.0 cm³/mol. The van der Waals surface area contributed by atoms with E-state index in [2.05, 4.69) is 11.9 Å². The highest BCUT2D eigenvalue weighted by Gasteiger charge is 2.18. The fourth-order valence-corrected chi connectivity index (χ4v) is 2.45. The van der Waals surface area contributed by atoms with Gasteiger partial charge >= 0.3 is 0 Å². The highest BCUT2D eigenvalue weighted by Crippen LogP contribution is 2.21. The van der Waals surface area contributed by atoms with Crippen LogP contribution in [-0.2, 0) is 4.79 Å². The number of nitrogens with zero attached hydrogens (tertiary/aromatic N) is 2. The molecule has 0 bridgehead atoms. The number of rotatable bonds is 5. The predicted octanol–water partition coefficient (Wildman–Crippen LogP) is 2.58. The zero-order valence-corrected chi connectivity index (χ0v) is 13.5. The Balaban J connectivity index is 1.67. The average Bonchev–Trinajstić information content (AvgIpc) is 2.47. The van der Waals surface area contributed by atoms with Crippen LogP contribution in [0, 0.1) is 6.92 Å². The Labute approximate surface area is 131 Å². The molecule has 0 radical (unpaired) electrons. The zero-order chi connectivity index (χ0) is 15.2. The monoisotopic (exact) mass is 310 g/mol. The van der Waals surface area contributed by atoms with Crippen LogP contribution in [0.1, 0.15) is 18.4 Å². The smallest absolute Gasteiger partial charge is 0.222 e. The highest BCUT2D eigenvalue weighted by atomic mass is 35.5. The van der Waals surface area contributed by atoms with E-state index in [0.717, 1.165) is 48.9 Å². The van der Waals surface area contributed by atoms with Gasteiger partial charge in [-0.3, -0.25) is 4.79 Å². The van der Waals surface area contributed by atoms with Crippen LogP contribution < -0.4 is 4.74 Å². The molecule has 0 N–H and O–H groups in total. The molecule has 1 amide bonds. The lowest BCUT2D eigenvalue weighted by Crippen LogP contribution is -2.47. The molecule has 0 aromatic heterocycles. The molecule has 1 aliphatic heterocycles. The molecule has 116 valence electrons. The minimum Gasteiger partial charge on any atom is -0.494 e. The second kappa shape index (κ2) is 7.66. The van der Waals surface area contributed by atoms with E-state index in [1.54, 1.807) is 0 Å². The summed E-state index contributed by atoms with van der Waals surface area (Å²) in [5.41, 5.74) is 1.00. The molecule has 0 saturated carbocycles. The number of aryl methyl sites for hydroxylation is 1. The number of hydrogen-bond donors (Lipinski definition) is 0. The molecule has 0 atom stereocenters. The summed E-state index contributed by atoms with van der Waals surface area (Å²) in [5.74, 6) is 1.04. The number of carbonyl (C=O) groups is 1. The third kappa shape index (κ3) is 4.90. The van der Waals surface area contributed by atoms with Gasteiger partial charge in [-0.2, -0.15) is 0 Å². The summed E-state index contributed by atoms with van der Waals surface area (Å²) in [6.45, 7) is 6.12. The van der Waals surface area contributed by atoms with E-state index < -0.39 is 0 Å². The van der Waals surface area contributed by atoms with Crippen LogP contribution in [-0.4, -0.2) is 55.5 Å². The molecule has 1 aromatic carbocycles. The standard InChI is InChI=1S/C16H23ClN2O2/c1-13-12-14(5-6-15(13)17)21-11-3-4-16(20)19-9-7-18(2)8-10-19/h5-6,12H,3-4,7-11H2,1-2H3. The van der Waals surface area contributed by atoms with Crippen LogP contribution >= 0.6 is 11.6 Å². The summed E-state index contributed by atoms with van der Waals surface area (Å²) in [5, 5.41) is 0.743. The molecule has 0 aliphatic carbocycles. The third-order valence-corrected chi connectivity index (χ3v) is 4.21. The van der Waals surface area contributed by atoms with Gasteiger partial charge in [-0.05, 0) is 44.2 Å². The maximum atomic E-state index is 12.0. The Bertz CT molecular complexity index is 485. The van der Waals surface area contributed by atoms with Crippen molar-refractivity contribution in [1.82, 2.24) is 9.80 Å². The number of benzene rings is 1. The molecule has 5 heteroatoms. The van der Waals surface area contributed by atoms with Crippen molar-refractivity contribution in [2.24, 2.45) is 0 Å². The van der Waals surface area contributed by atoms with E-state index in [-0.39, 0.29) is 5.91 Å². The van der Waals surface area contributed by atoms with Crippen LogP contribution in [0.4, 0.5) is 0 Å². The minimum atomic E-state index is 0.235. The van der Waals surface area contributed by atoms with E-state index in [9.17, 15) is 4.79 Å². The van der Waals surface area contributed by atoms with Crippen molar-refractivity contribution in [2.75, 3.05) is 39.8 Å². The van der Waals surface area contributed by atoms with Gasteiger partial charge in [0.05, 0.1) is 6.61 Å². The number of carbonyl (C=O) groups excluding carboxylic acids is 1. The lowest BCUT2D eigenvalue weighted by atomic mass is 10.2. The van der Waals surface area contributed by atoms with Gasteiger partial charge in [0.25, 0.3) is 0 Å². The molecule has 1 saturated heterocycles. The summed E-state index contributed by atoms with van der Waals surface area (Å²) in [6, 6.07) is 5.61. The molecule has 0 unspecified atom stereocenters. The number of amides is 1. The first-order valence-electron chi connectivity index (χ1n) is 7.41. The van der Waals surface area contributed by atoms with Crippen molar-refractivity contribution in [3.8, 4) is 5.75 Å². The first-order chi connectivity index (χ1) is 10.1. The Morgan fingerprint density at radius 2 is 2.00 bits per heavy atom. The number of hydrogen-bond acceptors (Lipinski definition) is 3. The molecule has 1 heterocycles. The van der Waals surface area contributed by atoms with Gasteiger partial charge in [0.2, 0.25) is 5.91 Å². The van der Waals surface area contributed by atoms with E-state index in [4.69, 9.17) is 16.3 Å².